The lowest BCUT2D eigenvalue weighted by molar-refractivity contribution is 0.611. The fourth-order valence-corrected chi connectivity index (χ4v) is 2.66. The lowest BCUT2D eigenvalue weighted by Crippen LogP contribution is -2.35. The molecule has 17 heavy (non-hydrogen) atoms. The van der Waals surface area contributed by atoms with Gasteiger partial charge in [0.25, 0.3) is 0 Å². The van der Waals surface area contributed by atoms with Crippen LogP contribution in [0.4, 0.5) is 5.82 Å². The van der Waals surface area contributed by atoms with Gasteiger partial charge in [-0.3, -0.25) is 0 Å². The zero-order valence-corrected chi connectivity index (χ0v) is 10.9. The zero-order valence-electron chi connectivity index (χ0n) is 10.1. The van der Waals surface area contributed by atoms with Gasteiger partial charge in [-0.2, -0.15) is 0 Å². The first kappa shape index (κ1) is 12.2. The van der Waals surface area contributed by atoms with E-state index in [9.17, 15) is 0 Å². The molecule has 0 aliphatic heterocycles. The van der Waals surface area contributed by atoms with E-state index < -0.39 is 0 Å². The van der Waals surface area contributed by atoms with Gasteiger partial charge in [-0.1, -0.05) is 25.1 Å². The molecule has 1 aliphatic rings. The third-order valence-electron chi connectivity index (χ3n) is 3.29. The van der Waals surface area contributed by atoms with Crippen molar-refractivity contribution in [3.63, 3.8) is 0 Å². The number of nitrogens with two attached hydrogens (primary N) is 1. The Balaban J connectivity index is 2.32. The summed E-state index contributed by atoms with van der Waals surface area (Å²) in [6, 6.07) is 0.560. The number of hydrogen-bond acceptors (Lipinski definition) is 4. The molecule has 0 bridgehead atoms. The van der Waals surface area contributed by atoms with E-state index in [1.165, 1.54) is 25.7 Å². The SMILES string of the molecule is CCN(c1nccnc1C(N)=S)C1CCCC1. The Kier molecular flexibility index (Phi) is 3.89. The summed E-state index contributed by atoms with van der Waals surface area (Å²) in [7, 11) is 0. The summed E-state index contributed by atoms with van der Waals surface area (Å²) in [5, 5.41) is 0. The topological polar surface area (TPSA) is 55.0 Å². The van der Waals surface area contributed by atoms with Crippen LogP contribution in [0.1, 0.15) is 38.3 Å². The second-order valence-electron chi connectivity index (χ2n) is 4.32. The maximum Gasteiger partial charge on any atom is 0.157 e. The van der Waals surface area contributed by atoms with Crippen LogP contribution in [0.3, 0.4) is 0 Å². The maximum absolute atomic E-state index is 5.71. The van der Waals surface area contributed by atoms with Crippen LogP contribution in [0, 0.1) is 0 Å². The van der Waals surface area contributed by atoms with Crippen molar-refractivity contribution in [3.8, 4) is 0 Å². The van der Waals surface area contributed by atoms with E-state index in [0.29, 0.717) is 16.7 Å². The van der Waals surface area contributed by atoms with Crippen molar-refractivity contribution in [2.75, 3.05) is 11.4 Å². The summed E-state index contributed by atoms with van der Waals surface area (Å²) < 4.78 is 0. The molecule has 0 amide bonds. The first-order valence-electron chi connectivity index (χ1n) is 6.11. The van der Waals surface area contributed by atoms with Gasteiger partial charge in [-0.15, -0.1) is 0 Å². The van der Waals surface area contributed by atoms with Crippen molar-refractivity contribution >= 4 is 23.0 Å². The van der Waals surface area contributed by atoms with E-state index in [1.807, 2.05) is 0 Å². The first-order valence-corrected chi connectivity index (χ1v) is 6.52. The Bertz CT molecular complexity index is 401. The number of aromatic nitrogens is 2. The van der Waals surface area contributed by atoms with E-state index in [2.05, 4.69) is 21.8 Å². The van der Waals surface area contributed by atoms with Crippen molar-refractivity contribution in [2.24, 2.45) is 5.73 Å². The van der Waals surface area contributed by atoms with E-state index >= 15 is 0 Å². The summed E-state index contributed by atoms with van der Waals surface area (Å²) in [6.45, 7) is 3.05. The predicted molar refractivity (Wildman–Crippen MR) is 73.2 cm³/mol. The van der Waals surface area contributed by atoms with Crippen molar-refractivity contribution in [1.82, 2.24) is 9.97 Å². The van der Waals surface area contributed by atoms with Crippen LogP contribution >= 0.6 is 12.2 Å². The normalized spacial score (nSPS) is 16.1. The molecule has 1 heterocycles. The number of rotatable bonds is 4. The molecule has 0 saturated heterocycles. The highest BCUT2D eigenvalue weighted by molar-refractivity contribution is 7.80. The van der Waals surface area contributed by atoms with Crippen LogP contribution in [-0.2, 0) is 0 Å². The van der Waals surface area contributed by atoms with Gasteiger partial charge >= 0.3 is 0 Å². The summed E-state index contributed by atoms with van der Waals surface area (Å²) in [5.41, 5.74) is 6.36. The van der Waals surface area contributed by atoms with Crippen LogP contribution in [0.5, 0.6) is 0 Å². The Labute approximate surface area is 107 Å². The van der Waals surface area contributed by atoms with Gasteiger partial charge in [0.2, 0.25) is 0 Å². The average Bonchev–Trinajstić information content (AvgIpc) is 2.84. The standard InChI is InChI=1S/C12H18N4S/c1-2-16(9-5-3-4-6-9)12-10(11(13)17)14-7-8-15-12/h7-9H,2-6H2,1H3,(H2,13,17). The lowest BCUT2D eigenvalue weighted by atomic mass is 10.2. The minimum Gasteiger partial charge on any atom is -0.388 e. The van der Waals surface area contributed by atoms with E-state index in [1.54, 1.807) is 12.4 Å². The van der Waals surface area contributed by atoms with Gasteiger partial charge in [0, 0.05) is 25.0 Å². The zero-order chi connectivity index (χ0) is 12.3. The Morgan fingerprint density at radius 2 is 2.06 bits per heavy atom. The minimum atomic E-state index is 0.324. The monoisotopic (exact) mass is 250 g/mol. The molecule has 92 valence electrons. The number of nitrogens with zero attached hydrogens (tertiary/aromatic N) is 3. The second kappa shape index (κ2) is 5.40. The van der Waals surface area contributed by atoms with Gasteiger partial charge in [-0.25, -0.2) is 9.97 Å². The Morgan fingerprint density at radius 1 is 1.41 bits per heavy atom. The molecule has 1 aromatic rings. The fraction of sp³-hybridized carbons (Fsp3) is 0.583. The number of thiocarbonyl (C=S) groups is 1. The third kappa shape index (κ3) is 2.54. The molecule has 1 saturated carbocycles. The highest BCUT2D eigenvalue weighted by Gasteiger charge is 2.25. The van der Waals surface area contributed by atoms with Crippen LogP contribution in [0.25, 0.3) is 0 Å². The van der Waals surface area contributed by atoms with Gasteiger partial charge in [-0.05, 0) is 19.8 Å². The average molecular weight is 250 g/mol. The molecule has 1 fully saturated rings. The molecule has 0 unspecified atom stereocenters. The maximum atomic E-state index is 5.71. The molecule has 5 heteroatoms. The molecule has 0 radical (unpaired) electrons. The smallest absolute Gasteiger partial charge is 0.157 e. The molecule has 0 aromatic carbocycles. The van der Waals surface area contributed by atoms with Crippen LogP contribution in [-0.4, -0.2) is 27.5 Å². The van der Waals surface area contributed by atoms with Gasteiger partial charge in [0.15, 0.2) is 5.82 Å². The molecule has 4 nitrogen and oxygen atoms in total. The summed E-state index contributed by atoms with van der Waals surface area (Å²) in [6.07, 6.45) is 8.38. The van der Waals surface area contributed by atoms with Crippen molar-refractivity contribution < 1.29 is 0 Å². The molecule has 2 N–H and O–H groups in total. The van der Waals surface area contributed by atoms with Gasteiger partial charge in [0.05, 0.1) is 0 Å². The van der Waals surface area contributed by atoms with Crippen molar-refractivity contribution in [1.29, 1.82) is 0 Å². The second-order valence-corrected chi connectivity index (χ2v) is 4.76. The molecule has 0 spiro atoms. The summed E-state index contributed by atoms with van der Waals surface area (Å²) in [5.74, 6) is 0.842. The lowest BCUT2D eigenvalue weighted by Gasteiger charge is -2.29. The molecular formula is C12H18N4S. The highest BCUT2D eigenvalue weighted by atomic mass is 32.1. The number of anilines is 1. The summed E-state index contributed by atoms with van der Waals surface area (Å²) in [4.78, 5) is 11.3. The molecule has 1 aromatic heterocycles. The van der Waals surface area contributed by atoms with Gasteiger partial charge in [0.1, 0.15) is 10.7 Å². The highest BCUT2D eigenvalue weighted by Crippen LogP contribution is 2.28. The molecule has 1 aliphatic carbocycles. The fourth-order valence-electron chi connectivity index (χ4n) is 2.51. The van der Waals surface area contributed by atoms with Crippen molar-refractivity contribution in [3.05, 3.63) is 18.1 Å². The van der Waals surface area contributed by atoms with Crippen LogP contribution in [0.15, 0.2) is 12.4 Å². The Hall–Kier alpha value is -1.23. The van der Waals surface area contributed by atoms with E-state index in [0.717, 1.165) is 12.4 Å². The minimum absolute atomic E-state index is 0.324. The Morgan fingerprint density at radius 3 is 2.65 bits per heavy atom. The molecular weight excluding hydrogens is 232 g/mol. The van der Waals surface area contributed by atoms with Gasteiger partial charge < -0.3 is 10.6 Å². The first-order chi connectivity index (χ1) is 8.24. The number of hydrogen-bond donors (Lipinski definition) is 1. The van der Waals surface area contributed by atoms with Crippen molar-refractivity contribution in [2.45, 2.75) is 38.6 Å². The van der Waals surface area contributed by atoms with E-state index in [-0.39, 0.29) is 0 Å². The van der Waals surface area contributed by atoms with Crippen LogP contribution in [0.2, 0.25) is 0 Å². The predicted octanol–water partition coefficient (Wildman–Crippen LogP) is 1.88. The van der Waals surface area contributed by atoms with Crippen LogP contribution < -0.4 is 10.6 Å². The summed E-state index contributed by atoms with van der Waals surface area (Å²) >= 11 is 5.04. The van der Waals surface area contributed by atoms with E-state index in [4.69, 9.17) is 18.0 Å². The third-order valence-corrected chi connectivity index (χ3v) is 3.48. The molecule has 0 atom stereocenters. The quantitative estimate of drug-likeness (QED) is 0.827. The molecule has 2 rings (SSSR count). The largest absolute Gasteiger partial charge is 0.388 e.